The van der Waals surface area contributed by atoms with Gasteiger partial charge in [0, 0.05) is 18.4 Å². The van der Waals surface area contributed by atoms with E-state index in [1.165, 1.54) is 5.56 Å². The van der Waals surface area contributed by atoms with Gasteiger partial charge < -0.3 is 15.0 Å². The predicted octanol–water partition coefficient (Wildman–Crippen LogP) is 0.512. The number of rotatable bonds is 1. The van der Waals surface area contributed by atoms with Crippen LogP contribution in [0.3, 0.4) is 0 Å². The van der Waals surface area contributed by atoms with E-state index in [1.807, 2.05) is 29.1 Å². The van der Waals surface area contributed by atoms with Crippen molar-refractivity contribution in [3.8, 4) is 0 Å². The van der Waals surface area contributed by atoms with Gasteiger partial charge in [0.2, 0.25) is 0 Å². The maximum absolute atomic E-state index is 8.89. The minimum atomic E-state index is 0.0552. The van der Waals surface area contributed by atoms with Crippen molar-refractivity contribution in [1.29, 1.82) is 0 Å². The van der Waals surface area contributed by atoms with E-state index in [-0.39, 0.29) is 6.73 Å². The van der Waals surface area contributed by atoms with Crippen LogP contribution in [0, 0.1) is 0 Å². The quantitative estimate of drug-likeness (QED) is 0.612. The first-order valence-electron chi connectivity index (χ1n) is 3.60. The summed E-state index contributed by atoms with van der Waals surface area (Å²) < 4.78 is 1.81. The zero-order valence-electron chi connectivity index (χ0n) is 6.12. The van der Waals surface area contributed by atoms with Gasteiger partial charge in [-0.25, -0.2) is 0 Å². The summed E-state index contributed by atoms with van der Waals surface area (Å²) in [6, 6.07) is 2.02. The first kappa shape index (κ1) is 6.49. The van der Waals surface area contributed by atoms with Gasteiger partial charge in [-0.1, -0.05) is 0 Å². The van der Waals surface area contributed by atoms with Crippen LogP contribution in [0.4, 0.5) is 0 Å². The van der Waals surface area contributed by atoms with Crippen LogP contribution >= 0.6 is 0 Å². The van der Waals surface area contributed by atoms with Crippen molar-refractivity contribution in [2.24, 2.45) is 0 Å². The molecule has 3 heteroatoms. The van der Waals surface area contributed by atoms with Crippen LogP contribution < -0.4 is 5.32 Å². The van der Waals surface area contributed by atoms with Crippen molar-refractivity contribution >= 4 is 6.08 Å². The van der Waals surface area contributed by atoms with Gasteiger partial charge in [-0.3, -0.25) is 0 Å². The summed E-state index contributed by atoms with van der Waals surface area (Å²) in [7, 11) is 0. The molecular formula is C8H10N2O. The highest BCUT2D eigenvalue weighted by atomic mass is 16.3. The maximum atomic E-state index is 8.89. The number of aliphatic hydroxyl groups excluding tert-OH is 1. The third-order valence-electron chi connectivity index (χ3n) is 1.90. The summed E-state index contributed by atoms with van der Waals surface area (Å²) in [6.45, 7) is 0.915. The summed E-state index contributed by atoms with van der Waals surface area (Å²) >= 11 is 0. The molecule has 0 atom stereocenters. The SMILES string of the molecule is OCn1ccc2c1C=CNC2. The molecule has 0 aromatic carbocycles. The molecule has 3 nitrogen and oxygen atoms in total. The zero-order valence-corrected chi connectivity index (χ0v) is 6.12. The molecule has 1 aromatic rings. The van der Waals surface area contributed by atoms with Crippen LogP contribution in [0.15, 0.2) is 18.5 Å². The molecule has 2 rings (SSSR count). The lowest BCUT2D eigenvalue weighted by molar-refractivity contribution is 0.210. The van der Waals surface area contributed by atoms with Crippen LogP contribution in [-0.2, 0) is 13.3 Å². The number of hydrogen-bond donors (Lipinski definition) is 2. The van der Waals surface area contributed by atoms with E-state index in [0.717, 1.165) is 12.2 Å². The summed E-state index contributed by atoms with van der Waals surface area (Å²) in [6.07, 6.45) is 5.76. The molecule has 1 aromatic heterocycles. The summed E-state index contributed by atoms with van der Waals surface area (Å²) in [4.78, 5) is 0. The summed E-state index contributed by atoms with van der Waals surface area (Å²) in [5, 5.41) is 12.0. The first-order chi connectivity index (χ1) is 5.42. The average molecular weight is 150 g/mol. The number of aromatic nitrogens is 1. The first-order valence-corrected chi connectivity index (χ1v) is 3.60. The van der Waals surface area contributed by atoms with Crippen LogP contribution in [0.2, 0.25) is 0 Å². The minimum absolute atomic E-state index is 0.0552. The van der Waals surface area contributed by atoms with Crippen molar-refractivity contribution in [3.05, 3.63) is 29.7 Å². The summed E-state index contributed by atoms with van der Waals surface area (Å²) in [5.74, 6) is 0. The molecule has 0 saturated heterocycles. The molecule has 0 amide bonds. The van der Waals surface area contributed by atoms with E-state index in [2.05, 4.69) is 5.32 Å². The van der Waals surface area contributed by atoms with Crippen LogP contribution in [0.25, 0.3) is 6.08 Å². The van der Waals surface area contributed by atoms with Gasteiger partial charge in [-0.05, 0) is 23.9 Å². The Morgan fingerprint density at radius 2 is 2.55 bits per heavy atom. The molecule has 0 fully saturated rings. The molecule has 2 heterocycles. The molecule has 58 valence electrons. The molecule has 0 spiro atoms. The van der Waals surface area contributed by atoms with Crippen molar-refractivity contribution < 1.29 is 5.11 Å². The largest absolute Gasteiger partial charge is 0.387 e. The molecule has 0 unspecified atom stereocenters. The average Bonchev–Trinajstić information content (AvgIpc) is 2.47. The highest BCUT2D eigenvalue weighted by molar-refractivity contribution is 5.52. The number of nitrogens with one attached hydrogen (secondary N) is 1. The van der Waals surface area contributed by atoms with Gasteiger partial charge in [0.1, 0.15) is 6.73 Å². The lowest BCUT2D eigenvalue weighted by Crippen LogP contribution is -2.11. The van der Waals surface area contributed by atoms with Gasteiger partial charge in [0.05, 0.1) is 0 Å². The Labute approximate surface area is 65.0 Å². The normalized spacial score (nSPS) is 14.3. The van der Waals surface area contributed by atoms with Crippen molar-refractivity contribution in [2.75, 3.05) is 0 Å². The van der Waals surface area contributed by atoms with E-state index < -0.39 is 0 Å². The van der Waals surface area contributed by atoms with Crippen molar-refractivity contribution in [3.63, 3.8) is 0 Å². The van der Waals surface area contributed by atoms with E-state index in [1.54, 1.807) is 0 Å². The zero-order chi connectivity index (χ0) is 7.68. The third kappa shape index (κ3) is 0.935. The van der Waals surface area contributed by atoms with E-state index in [4.69, 9.17) is 5.11 Å². The van der Waals surface area contributed by atoms with Gasteiger partial charge >= 0.3 is 0 Å². The highest BCUT2D eigenvalue weighted by Gasteiger charge is 2.07. The van der Waals surface area contributed by atoms with E-state index >= 15 is 0 Å². The number of hydrogen-bond acceptors (Lipinski definition) is 2. The predicted molar refractivity (Wildman–Crippen MR) is 42.5 cm³/mol. The Morgan fingerprint density at radius 3 is 3.36 bits per heavy atom. The minimum Gasteiger partial charge on any atom is -0.387 e. The number of aliphatic hydroxyl groups is 1. The molecular weight excluding hydrogens is 140 g/mol. The second-order valence-electron chi connectivity index (χ2n) is 2.55. The smallest absolute Gasteiger partial charge is 0.119 e. The fourth-order valence-corrected chi connectivity index (χ4v) is 1.31. The summed E-state index contributed by atoms with van der Waals surface area (Å²) in [5.41, 5.74) is 2.34. The van der Waals surface area contributed by atoms with Crippen molar-refractivity contribution in [1.82, 2.24) is 9.88 Å². The Morgan fingerprint density at radius 1 is 1.64 bits per heavy atom. The second-order valence-corrected chi connectivity index (χ2v) is 2.55. The van der Waals surface area contributed by atoms with E-state index in [9.17, 15) is 0 Å². The van der Waals surface area contributed by atoms with Crippen LogP contribution in [-0.4, -0.2) is 9.67 Å². The highest BCUT2D eigenvalue weighted by Crippen LogP contribution is 2.15. The van der Waals surface area contributed by atoms with Gasteiger partial charge in [-0.2, -0.15) is 0 Å². The Balaban J connectivity index is 2.48. The fraction of sp³-hybridized carbons (Fsp3) is 0.250. The molecule has 0 saturated carbocycles. The standard InChI is InChI=1S/C8H10N2O/c11-6-10-4-2-7-5-9-3-1-8(7)10/h1-4,9,11H,5-6H2. The Hall–Kier alpha value is -1.22. The van der Waals surface area contributed by atoms with Crippen LogP contribution in [0.5, 0.6) is 0 Å². The number of fused-ring (bicyclic) bond motifs is 1. The van der Waals surface area contributed by atoms with Gasteiger partial charge in [0.15, 0.2) is 0 Å². The Kier molecular flexibility index (Phi) is 1.43. The lowest BCUT2D eigenvalue weighted by Gasteiger charge is -2.09. The Bertz CT molecular complexity index is 288. The maximum Gasteiger partial charge on any atom is 0.119 e. The molecule has 2 N–H and O–H groups in total. The molecule has 0 radical (unpaired) electrons. The van der Waals surface area contributed by atoms with Gasteiger partial charge in [0.25, 0.3) is 0 Å². The number of nitrogens with zero attached hydrogens (tertiary/aromatic N) is 1. The van der Waals surface area contributed by atoms with Gasteiger partial charge in [-0.15, -0.1) is 0 Å². The third-order valence-corrected chi connectivity index (χ3v) is 1.90. The topological polar surface area (TPSA) is 37.2 Å². The monoisotopic (exact) mass is 150 g/mol. The molecule has 0 aliphatic carbocycles. The molecule has 1 aliphatic heterocycles. The van der Waals surface area contributed by atoms with Crippen molar-refractivity contribution in [2.45, 2.75) is 13.3 Å². The molecule has 1 aliphatic rings. The fourth-order valence-electron chi connectivity index (χ4n) is 1.31. The molecule has 11 heavy (non-hydrogen) atoms. The van der Waals surface area contributed by atoms with E-state index in [0.29, 0.717) is 0 Å². The second kappa shape index (κ2) is 2.43. The van der Waals surface area contributed by atoms with Crippen LogP contribution in [0.1, 0.15) is 11.3 Å². The molecule has 0 bridgehead atoms. The lowest BCUT2D eigenvalue weighted by atomic mass is 10.2.